The second-order valence-electron chi connectivity index (χ2n) is 17.9. The number of fused-ring (bicyclic) bond motifs is 6. The van der Waals surface area contributed by atoms with E-state index in [1.165, 1.54) is 14.0 Å². The Kier molecular flexibility index (Phi) is 13.3. The summed E-state index contributed by atoms with van der Waals surface area (Å²) >= 11 is 18.7. The number of hydrogen-bond donors (Lipinski definition) is 9. The molecule has 0 amide bonds. The highest BCUT2D eigenvalue weighted by Crippen LogP contribution is 2.41. The summed E-state index contributed by atoms with van der Waals surface area (Å²) in [5.41, 5.74) is 29.5. The van der Waals surface area contributed by atoms with Crippen molar-refractivity contribution in [2.24, 2.45) is 0 Å². The quantitative estimate of drug-likeness (QED) is 0.0984. The van der Waals surface area contributed by atoms with E-state index < -0.39 is 0 Å². The number of nitrogen functional groups attached to an aromatic ring is 3. The Balaban J connectivity index is 0.000000120. The fourth-order valence-corrected chi connectivity index (χ4v) is 11.0. The highest BCUT2D eigenvalue weighted by Gasteiger charge is 2.35. The second-order valence-corrected chi connectivity index (χ2v) is 19.1. The molecule has 0 radical (unpaired) electrons. The molecule has 1 unspecified atom stereocenters. The van der Waals surface area contributed by atoms with Crippen LogP contribution >= 0.6 is 34.8 Å². The van der Waals surface area contributed by atoms with Crippen molar-refractivity contribution in [1.82, 2.24) is 45.3 Å². The number of aromatic nitrogens is 6. The van der Waals surface area contributed by atoms with Gasteiger partial charge in [0.05, 0.1) is 67.0 Å². The van der Waals surface area contributed by atoms with Crippen LogP contribution in [0.4, 0.5) is 34.5 Å². The summed E-state index contributed by atoms with van der Waals surface area (Å²) < 4.78 is 4.16. The van der Waals surface area contributed by atoms with Crippen molar-refractivity contribution in [3.63, 3.8) is 0 Å². The van der Waals surface area contributed by atoms with Crippen molar-refractivity contribution in [2.75, 3.05) is 72.4 Å². The van der Waals surface area contributed by atoms with Crippen molar-refractivity contribution in [3.8, 4) is 0 Å². The van der Waals surface area contributed by atoms with E-state index in [0.717, 1.165) is 106 Å². The average molecular weight is 995 g/mol. The van der Waals surface area contributed by atoms with Crippen LogP contribution in [-0.4, -0.2) is 86.3 Å². The lowest BCUT2D eigenvalue weighted by Gasteiger charge is -2.26. The Morgan fingerprint density at radius 3 is 1.03 bits per heavy atom. The number of nitrogens with one attached hydrogen (secondary N) is 6. The number of benzene rings is 3. The number of hydrogen-bond acceptors (Lipinski definition) is 15. The van der Waals surface area contributed by atoms with Crippen LogP contribution in [0.1, 0.15) is 102 Å². The summed E-state index contributed by atoms with van der Waals surface area (Å²) in [6.45, 7) is 6.69. The molecule has 6 aromatic rings. The lowest BCUT2D eigenvalue weighted by atomic mass is 9.90. The number of carbonyl (C=O) groups is 3. The standard InChI is InChI=1S/3C16H18ClN5O/c3*17-12-3-1-2-9-10(5-7-20-14(9)12)16(23)22-15(18)11-4-6-19-8-13(11)21-22/h3*1-3,10,19-20H,4-8,18H2/t2*10-;/m10./s1. The topological polar surface area (TPSA) is 255 Å². The van der Waals surface area contributed by atoms with Gasteiger partial charge in [-0.3, -0.25) is 14.4 Å². The predicted octanol–water partition coefficient (Wildman–Crippen LogP) is 6.01. The smallest absolute Gasteiger partial charge is 0.256 e. The Hall–Kier alpha value is -6.15. The second kappa shape index (κ2) is 19.7. The van der Waals surface area contributed by atoms with E-state index in [1.807, 2.05) is 54.6 Å². The maximum absolute atomic E-state index is 13.0. The van der Waals surface area contributed by atoms with Gasteiger partial charge in [0.15, 0.2) is 0 Å². The Labute approximate surface area is 413 Å². The third-order valence-corrected chi connectivity index (χ3v) is 14.8. The van der Waals surface area contributed by atoms with E-state index >= 15 is 0 Å². The maximum atomic E-state index is 13.0. The minimum Gasteiger partial charge on any atom is -0.384 e. The molecule has 0 fully saturated rings. The van der Waals surface area contributed by atoms with Crippen LogP contribution in [0.15, 0.2) is 54.6 Å². The molecule has 360 valence electrons. The zero-order chi connectivity index (χ0) is 47.9. The summed E-state index contributed by atoms with van der Waals surface area (Å²) in [4.78, 5) is 39.1. The SMILES string of the molecule is Nc1c2c(nn1C(=O)C1CCNc3c(Cl)cccc31)CNCC2.Nc1c2c(nn1C(=O)[C@@H]1CCNc3c(Cl)cccc31)CNCC2.Nc1c2c(nn1C(=O)[C@H]1CCNc3c(Cl)cccc31)CNCC2. The molecule has 0 bridgehead atoms. The first-order chi connectivity index (χ1) is 33.5. The first-order valence-electron chi connectivity index (χ1n) is 23.4. The van der Waals surface area contributed by atoms with E-state index in [4.69, 9.17) is 52.0 Å². The van der Waals surface area contributed by atoms with Gasteiger partial charge in [-0.25, -0.2) is 0 Å². The van der Waals surface area contributed by atoms with Gasteiger partial charge >= 0.3 is 0 Å². The summed E-state index contributed by atoms with van der Waals surface area (Å²) in [6, 6.07) is 16.9. The third-order valence-electron chi connectivity index (χ3n) is 13.8. The molecule has 12 rings (SSSR count). The average Bonchev–Trinajstić information content (AvgIpc) is 4.03. The molecule has 18 nitrogen and oxygen atoms in total. The summed E-state index contributed by atoms with van der Waals surface area (Å²) in [6.07, 6.45) is 4.53. The molecular weight excluding hydrogens is 941 g/mol. The van der Waals surface area contributed by atoms with E-state index in [-0.39, 0.29) is 35.5 Å². The van der Waals surface area contributed by atoms with E-state index in [1.54, 1.807) is 0 Å². The molecule has 0 saturated carbocycles. The van der Waals surface area contributed by atoms with Crippen LogP contribution in [0.3, 0.4) is 0 Å². The van der Waals surface area contributed by atoms with Crippen LogP contribution in [0.25, 0.3) is 0 Å². The predicted molar refractivity (Wildman–Crippen MR) is 270 cm³/mol. The minimum absolute atomic E-state index is 0.0816. The highest BCUT2D eigenvalue weighted by molar-refractivity contribution is 6.34. The zero-order valence-electron chi connectivity index (χ0n) is 37.8. The molecule has 0 saturated heterocycles. The maximum Gasteiger partial charge on any atom is 0.256 e. The van der Waals surface area contributed by atoms with Crippen molar-refractivity contribution >= 4 is 87.0 Å². The van der Waals surface area contributed by atoms with Crippen LogP contribution < -0.4 is 49.1 Å². The molecule has 6 aliphatic rings. The van der Waals surface area contributed by atoms with Crippen molar-refractivity contribution in [3.05, 3.63) is 120 Å². The van der Waals surface area contributed by atoms with Crippen LogP contribution in [0.2, 0.25) is 15.1 Å². The van der Waals surface area contributed by atoms with Crippen LogP contribution in [0.5, 0.6) is 0 Å². The summed E-state index contributed by atoms with van der Waals surface area (Å²) in [5, 5.41) is 34.8. The summed E-state index contributed by atoms with van der Waals surface area (Å²) in [7, 11) is 0. The third kappa shape index (κ3) is 8.78. The first-order valence-corrected chi connectivity index (χ1v) is 24.5. The van der Waals surface area contributed by atoms with Gasteiger partial charge in [0.1, 0.15) is 17.5 Å². The molecule has 69 heavy (non-hydrogen) atoms. The Morgan fingerprint density at radius 2 is 0.754 bits per heavy atom. The number of nitrogens with zero attached hydrogens (tertiary/aromatic N) is 6. The molecule has 3 aromatic carbocycles. The number of rotatable bonds is 3. The van der Waals surface area contributed by atoms with E-state index in [0.29, 0.717) is 91.1 Å². The van der Waals surface area contributed by atoms with Crippen LogP contribution in [-0.2, 0) is 38.9 Å². The fraction of sp³-hybridized carbons (Fsp3) is 0.375. The van der Waals surface area contributed by atoms with Gasteiger partial charge in [-0.05, 0) is 93.0 Å². The molecule has 6 aliphatic heterocycles. The van der Waals surface area contributed by atoms with E-state index in [9.17, 15) is 14.4 Å². The number of para-hydroxylation sites is 3. The number of nitrogens with two attached hydrogens (primary N) is 3. The van der Waals surface area contributed by atoms with Gasteiger partial charge in [-0.2, -0.15) is 29.3 Å². The van der Waals surface area contributed by atoms with Gasteiger partial charge in [0.2, 0.25) is 0 Å². The van der Waals surface area contributed by atoms with Crippen molar-refractivity contribution in [2.45, 2.75) is 75.9 Å². The number of carbonyl (C=O) groups excluding carboxylic acids is 3. The lowest BCUT2D eigenvalue weighted by Crippen LogP contribution is -2.28. The highest BCUT2D eigenvalue weighted by atomic mass is 35.5. The Morgan fingerprint density at radius 1 is 0.464 bits per heavy atom. The first kappa shape index (κ1) is 46.6. The van der Waals surface area contributed by atoms with Crippen molar-refractivity contribution in [1.29, 1.82) is 0 Å². The fourth-order valence-electron chi connectivity index (χ4n) is 10.3. The number of halogens is 3. The lowest BCUT2D eigenvalue weighted by molar-refractivity contribution is 0.0851. The zero-order valence-corrected chi connectivity index (χ0v) is 40.1. The molecule has 21 heteroatoms. The normalized spacial score (nSPS) is 19.6. The van der Waals surface area contributed by atoms with Gasteiger partial charge in [-0.1, -0.05) is 71.2 Å². The molecular formula is C48H54Cl3N15O3. The summed E-state index contributed by atoms with van der Waals surface area (Å²) in [5.74, 6) is 0.367. The molecule has 0 spiro atoms. The Bertz CT molecular complexity index is 2670. The van der Waals surface area contributed by atoms with E-state index in [2.05, 4.69) is 47.2 Å². The van der Waals surface area contributed by atoms with Gasteiger partial charge in [0.25, 0.3) is 17.7 Å². The van der Waals surface area contributed by atoms with Gasteiger partial charge in [0, 0.05) is 56.0 Å². The molecule has 9 heterocycles. The molecule has 3 aromatic heterocycles. The molecule has 3 atom stereocenters. The largest absolute Gasteiger partial charge is 0.384 e. The van der Waals surface area contributed by atoms with Gasteiger partial charge < -0.3 is 49.1 Å². The van der Waals surface area contributed by atoms with Crippen molar-refractivity contribution < 1.29 is 14.4 Å². The van der Waals surface area contributed by atoms with Crippen LogP contribution in [0, 0.1) is 0 Å². The molecule has 12 N–H and O–H groups in total. The monoisotopic (exact) mass is 993 g/mol. The van der Waals surface area contributed by atoms with Gasteiger partial charge in [-0.15, -0.1) is 0 Å². The number of anilines is 6. The minimum atomic E-state index is -0.276. The molecule has 0 aliphatic carbocycles.